The van der Waals surface area contributed by atoms with Crippen LogP contribution in [0.15, 0.2) is 12.1 Å². The summed E-state index contributed by atoms with van der Waals surface area (Å²) >= 11 is 0. The van der Waals surface area contributed by atoms with E-state index < -0.39 is 65.1 Å². The lowest BCUT2D eigenvalue weighted by molar-refractivity contribution is 0.0587. The van der Waals surface area contributed by atoms with Gasteiger partial charge in [-0.2, -0.15) is 0 Å². The van der Waals surface area contributed by atoms with Gasteiger partial charge in [0.1, 0.15) is 11.6 Å². The minimum atomic E-state index is -1.12. The molecule has 4 N–H and O–H groups in total. The van der Waals surface area contributed by atoms with Crippen LogP contribution < -0.4 is 11.5 Å². The van der Waals surface area contributed by atoms with Gasteiger partial charge in [0, 0.05) is 10.8 Å². The zero-order chi connectivity index (χ0) is 18.9. The van der Waals surface area contributed by atoms with Crippen molar-refractivity contribution in [1.82, 2.24) is 9.80 Å². The van der Waals surface area contributed by atoms with E-state index in [9.17, 15) is 28.0 Å². The molecule has 0 atom stereocenters. The molecule has 0 saturated heterocycles. The summed E-state index contributed by atoms with van der Waals surface area (Å²) in [5, 5.41) is -0.538. The van der Waals surface area contributed by atoms with E-state index in [1.54, 1.807) is 0 Å². The largest absolute Gasteiger partial charge is 0.313 e. The van der Waals surface area contributed by atoms with Crippen LogP contribution in [0, 0.1) is 11.6 Å². The van der Waals surface area contributed by atoms with Crippen molar-refractivity contribution in [1.29, 1.82) is 0 Å². The summed E-state index contributed by atoms with van der Waals surface area (Å²) in [6.07, 6.45) is 0. The van der Waals surface area contributed by atoms with Crippen LogP contribution in [0.4, 0.5) is 8.78 Å². The number of nitrogens with two attached hydrogens (primary N) is 2. The molecule has 8 nitrogen and oxygen atoms in total. The van der Waals surface area contributed by atoms with Gasteiger partial charge in [0.15, 0.2) is 0 Å². The summed E-state index contributed by atoms with van der Waals surface area (Å²) in [5.74, 6) is -6.16. The maximum Gasteiger partial charge on any atom is 0.265 e. The molecular weight excluding hydrogens is 350 g/mol. The smallest absolute Gasteiger partial charge is 0.265 e. The molecule has 0 spiro atoms. The number of imide groups is 2. The van der Waals surface area contributed by atoms with Crippen LogP contribution in [0.2, 0.25) is 0 Å². The van der Waals surface area contributed by atoms with Crippen molar-refractivity contribution >= 4 is 34.4 Å². The van der Waals surface area contributed by atoms with Gasteiger partial charge in [-0.1, -0.05) is 0 Å². The van der Waals surface area contributed by atoms with Crippen LogP contribution in [-0.2, 0) is 0 Å². The molecule has 2 aliphatic rings. The second-order valence-electron chi connectivity index (χ2n) is 5.75. The Balaban J connectivity index is 2.24. The number of hydrogen-bond acceptors (Lipinski definition) is 6. The van der Waals surface area contributed by atoms with Crippen LogP contribution in [0.5, 0.6) is 0 Å². The second kappa shape index (κ2) is 5.13. The molecular formula is C16H10F2N4O4. The number of halogens is 2. The molecule has 4 amide bonds. The first-order chi connectivity index (χ1) is 12.3. The highest BCUT2D eigenvalue weighted by Crippen LogP contribution is 2.40. The van der Waals surface area contributed by atoms with Gasteiger partial charge in [-0.25, -0.2) is 8.78 Å². The van der Waals surface area contributed by atoms with Crippen LogP contribution in [0.1, 0.15) is 41.4 Å². The molecule has 2 aliphatic heterocycles. The van der Waals surface area contributed by atoms with Gasteiger partial charge in [0.25, 0.3) is 23.6 Å². The average molecular weight is 360 g/mol. The fourth-order valence-electron chi connectivity index (χ4n) is 3.40. The number of carbonyl (C=O) groups excluding carboxylic acids is 4. The van der Waals surface area contributed by atoms with E-state index in [0.717, 1.165) is 12.1 Å². The monoisotopic (exact) mass is 360 g/mol. The third kappa shape index (κ3) is 1.71. The fourth-order valence-corrected chi connectivity index (χ4v) is 3.40. The number of nitrogens with zero attached hydrogens (tertiary/aromatic N) is 2. The van der Waals surface area contributed by atoms with E-state index in [1.807, 2.05) is 0 Å². The van der Waals surface area contributed by atoms with Crippen LogP contribution in [-0.4, -0.2) is 46.8 Å². The first-order valence-corrected chi connectivity index (χ1v) is 7.44. The molecule has 2 aromatic rings. The maximum absolute atomic E-state index is 14.6. The average Bonchev–Trinajstić information content (AvgIpc) is 2.59. The zero-order valence-corrected chi connectivity index (χ0v) is 13.0. The van der Waals surface area contributed by atoms with Gasteiger partial charge in [-0.15, -0.1) is 0 Å². The van der Waals surface area contributed by atoms with Gasteiger partial charge in [0.2, 0.25) is 0 Å². The molecule has 0 aromatic heterocycles. The van der Waals surface area contributed by atoms with Gasteiger partial charge in [-0.3, -0.25) is 29.0 Å². The highest BCUT2D eigenvalue weighted by Gasteiger charge is 2.42. The van der Waals surface area contributed by atoms with E-state index in [4.69, 9.17) is 11.5 Å². The number of rotatable bonds is 2. The quantitative estimate of drug-likeness (QED) is 0.734. The molecule has 0 fully saturated rings. The lowest BCUT2D eigenvalue weighted by Gasteiger charge is -2.31. The molecule has 0 saturated carbocycles. The van der Waals surface area contributed by atoms with Crippen molar-refractivity contribution in [2.24, 2.45) is 11.5 Å². The normalized spacial score (nSPS) is 16.2. The number of hydrogen-bond donors (Lipinski definition) is 2. The standard InChI is InChI=1S/C16H10F2N4O4/c17-7-1-5-9-6(14(24)21(3-19)13(5)23)2-8(18)11-12(9)10(7)15(25)22(4-20)16(11)26/h1-2H,3-4,19-20H2. The van der Waals surface area contributed by atoms with Crippen LogP contribution in [0.3, 0.4) is 0 Å². The molecule has 2 heterocycles. The van der Waals surface area contributed by atoms with Crippen molar-refractivity contribution in [2.45, 2.75) is 0 Å². The van der Waals surface area contributed by atoms with Crippen molar-refractivity contribution in [2.75, 3.05) is 13.3 Å². The van der Waals surface area contributed by atoms with Crippen LogP contribution in [0.25, 0.3) is 10.8 Å². The molecule has 0 bridgehead atoms. The van der Waals surface area contributed by atoms with Gasteiger partial charge < -0.3 is 11.5 Å². The molecule has 132 valence electrons. The number of benzene rings is 2. The van der Waals surface area contributed by atoms with Crippen molar-refractivity contribution in [3.63, 3.8) is 0 Å². The van der Waals surface area contributed by atoms with Crippen molar-refractivity contribution in [3.8, 4) is 0 Å². The lowest BCUT2D eigenvalue weighted by Crippen LogP contribution is -2.47. The Hall–Kier alpha value is -3.24. The zero-order valence-electron chi connectivity index (χ0n) is 13.0. The van der Waals surface area contributed by atoms with E-state index in [1.165, 1.54) is 0 Å². The summed E-state index contributed by atoms with van der Waals surface area (Å²) in [7, 11) is 0. The van der Waals surface area contributed by atoms with Crippen molar-refractivity contribution in [3.05, 3.63) is 46.0 Å². The summed E-state index contributed by atoms with van der Waals surface area (Å²) in [4.78, 5) is 50.9. The first kappa shape index (κ1) is 16.2. The Labute approximate surface area is 143 Å². The summed E-state index contributed by atoms with van der Waals surface area (Å²) < 4.78 is 29.3. The molecule has 0 radical (unpaired) electrons. The Morgan fingerprint density at radius 1 is 0.692 bits per heavy atom. The third-order valence-corrected chi connectivity index (χ3v) is 4.54. The first-order valence-electron chi connectivity index (χ1n) is 7.44. The predicted molar refractivity (Wildman–Crippen MR) is 83.0 cm³/mol. The summed E-state index contributed by atoms with van der Waals surface area (Å²) in [5.41, 5.74) is 8.99. The summed E-state index contributed by atoms with van der Waals surface area (Å²) in [6.45, 7) is -1.08. The fraction of sp³-hybridized carbons (Fsp3) is 0.125. The minimum Gasteiger partial charge on any atom is -0.313 e. The number of carbonyl (C=O) groups is 4. The third-order valence-electron chi connectivity index (χ3n) is 4.54. The Morgan fingerprint density at radius 3 is 1.46 bits per heavy atom. The number of amides is 4. The molecule has 0 aliphatic carbocycles. The Morgan fingerprint density at radius 2 is 1.08 bits per heavy atom. The second-order valence-corrected chi connectivity index (χ2v) is 5.75. The SMILES string of the molecule is NCN1C(=O)c2cc(F)c3c4c(c(F)cc(c24)C1=O)C(=O)N(CN)C3=O. The van der Waals surface area contributed by atoms with Gasteiger partial charge >= 0.3 is 0 Å². The van der Waals surface area contributed by atoms with Gasteiger partial charge in [-0.05, 0) is 12.1 Å². The van der Waals surface area contributed by atoms with E-state index in [-0.39, 0.29) is 16.5 Å². The Kier molecular flexibility index (Phi) is 3.20. The minimum absolute atomic E-state index is 0.143. The topological polar surface area (TPSA) is 127 Å². The van der Waals surface area contributed by atoms with E-state index in [0.29, 0.717) is 9.80 Å². The van der Waals surface area contributed by atoms with Crippen LogP contribution >= 0.6 is 0 Å². The predicted octanol–water partition coefficient (Wildman–Crippen LogP) is 0.142. The molecule has 10 heteroatoms. The van der Waals surface area contributed by atoms with E-state index in [2.05, 4.69) is 0 Å². The maximum atomic E-state index is 14.6. The highest BCUT2D eigenvalue weighted by molar-refractivity contribution is 6.33. The molecule has 2 aromatic carbocycles. The van der Waals surface area contributed by atoms with Gasteiger partial charge in [0.05, 0.1) is 35.6 Å². The Bertz CT molecular complexity index is 1010. The van der Waals surface area contributed by atoms with E-state index >= 15 is 0 Å². The van der Waals surface area contributed by atoms with Crippen molar-refractivity contribution < 1.29 is 28.0 Å². The summed E-state index contributed by atoms with van der Waals surface area (Å²) in [6, 6.07) is 1.56. The highest BCUT2D eigenvalue weighted by atomic mass is 19.1. The molecule has 0 unspecified atom stereocenters. The molecule has 4 rings (SSSR count). The molecule has 26 heavy (non-hydrogen) atoms. The lowest BCUT2D eigenvalue weighted by atomic mass is 9.85.